The zero-order valence-electron chi connectivity index (χ0n) is 12.2. The molecule has 2 aromatic rings. The van der Waals surface area contributed by atoms with Crippen LogP contribution < -0.4 is 10.9 Å². The molecule has 0 aliphatic heterocycles. The highest BCUT2D eigenvalue weighted by Gasteiger charge is 2.12. The van der Waals surface area contributed by atoms with Gasteiger partial charge in [0, 0.05) is 9.37 Å². The fourth-order valence-corrected chi connectivity index (χ4v) is 3.08. The van der Waals surface area contributed by atoms with Gasteiger partial charge in [-0.25, -0.2) is 4.39 Å². The lowest BCUT2D eigenvalue weighted by atomic mass is 10.2. The van der Waals surface area contributed by atoms with Crippen molar-refractivity contribution in [3.8, 4) is 0 Å². The van der Waals surface area contributed by atoms with Crippen molar-refractivity contribution in [1.82, 2.24) is 10.9 Å². The molecule has 0 fully saturated rings. The number of halogens is 2. The summed E-state index contributed by atoms with van der Waals surface area (Å²) in [5.74, 6) is -1.57. The Morgan fingerprint density at radius 2 is 1.91 bits per heavy atom. The lowest BCUT2D eigenvalue weighted by Gasteiger charge is -2.09. The Bertz CT molecular complexity index is 740. The van der Waals surface area contributed by atoms with Gasteiger partial charge >= 0.3 is 0 Å². The maximum Gasteiger partial charge on any atom is 0.272 e. The second-order valence-corrected chi connectivity index (χ2v) is 6.61. The van der Waals surface area contributed by atoms with E-state index in [1.165, 1.54) is 30.0 Å². The standard InChI is InChI=1S/C16H14BrFN2O2S/c1-10-8-11(17)6-7-14(10)23-9-15(21)19-20-16(22)12-4-2-3-5-13(12)18/h2-8H,9H2,1H3,(H,19,21)(H,20,22). The minimum atomic E-state index is -0.693. The average molecular weight is 397 g/mol. The van der Waals surface area contributed by atoms with Gasteiger partial charge in [-0.05, 0) is 42.8 Å². The summed E-state index contributed by atoms with van der Waals surface area (Å²) in [7, 11) is 0. The third kappa shape index (κ3) is 5.07. The number of thioether (sulfide) groups is 1. The van der Waals surface area contributed by atoms with Gasteiger partial charge in [0.1, 0.15) is 5.82 Å². The molecule has 2 aromatic carbocycles. The number of amides is 2. The first-order valence-electron chi connectivity index (χ1n) is 6.70. The van der Waals surface area contributed by atoms with Crippen LogP contribution in [0.3, 0.4) is 0 Å². The van der Waals surface area contributed by atoms with Gasteiger partial charge in [0.2, 0.25) is 5.91 Å². The van der Waals surface area contributed by atoms with Crippen LogP contribution in [-0.2, 0) is 4.79 Å². The van der Waals surface area contributed by atoms with Crippen LogP contribution >= 0.6 is 27.7 Å². The first kappa shape index (κ1) is 17.5. The van der Waals surface area contributed by atoms with Crippen molar-refractivity contribution in [1.29, 1.82) is 0 Å². The number of carbonyl (C=O) groups is 2. The van der Waals surface area contributed by atoms with E-state index in [0.29, 0.717) is 0 Å². The number of rotatable bonds is 4. The SMILES string of the molecule is Cc1cc(Br)ccc1SCC(=O)NNC(=O)c1ccccc1F. The van der Waals surface area contributed by atoms with Crippen molar-refractivity contribution < 1.29 is 14.0 Å². The second kappa shape index (κ2) is 8.12. The minimum Gasteiger partial charge on any atom is -0.272 e. The van der Waals surface area contributed by atoms with Crippen LogP contribution in [0, 0.1) is 12.7 Å². The van der Waals surface area contributed by atoms with Gasteiger partial charge in [-0.2, -0.15) is 0 Å². The van der Waals surface area contributed by atoms with Crippen molar-refractivity contribution in [3.05, 3.63) is 63.9 Å². The summed E-state index contributed by atoms with van der Waals surface area (Å²) in [5, 5.41) is 0. The zero-order valence-corrected chi connectivity index (χ0v) is 14.6. The first-order valence-corrected chi connectivity index (χ1v) is 8.48. The molecule has 0 radical (unpaired) electrons. The molecule has 0 saturated carbocycles. The van der Waals surface area contributed by atoms with E-state index >= 15 is 0 Å². The monoisotopic (exact) mass is 396 g/mol. The lowest BCUT2D eigenvalue weighted by molar-refractivity contribution is -0.119. The van der Waals surface area contributed by atoms with Crippen molar-refractivity contribution in [2.24, 2.45) is 0 Å². The number of hydrazine groups is 1. The van der Waals surface area contributed by atoms with E-state index in [1.54, 1.807) is 6.07 Å². The van der Waals surface area contributed by atoms with Crippen LogP contribution in [0.25, 0.3) is 0 Å². The number of benzene rings is 2. The molecule has 2 N–H and O–H groups in total. The normalized spacial score (nSPS) is 10.2. The van der Waals surface area contributed by atoms with Gasteiger partial charge in [0.15, 0.2) is 0 Å². The van der Waals surface area contributed by atoms with Gasteiger partial charge in [0.25, 0.3) is 5.91 Å². The Labute approximate surface area is 145 Å². The topological polar surface area (TPSA) is 58.2 Å². The molecule has 23 heavy (non-hydrogen) atoms. The van der Waals surface area contributed by atoms with Crippen molar-refractivity contribution >= 4 is 39.5 Å². The maximum atomic E-state index is 13.4. The molecule has 0 aromatic heterocycles. The molecule has 0 saturated heterocycles. The van der Waals surface area contributed by atoms with E-state index in [0.717, 1.165) is 14.9 Å². The summed E-state index contributed by atoms with van der Waals surface area (Å²) in [4.78, 5) is 24.5. The van der Waals surface area contributed by atoms with Gasteiger partial charge in [-0.15, -0.1) is 11.8 Å². The van der Waals surface area contributed by atoms with Gasteiger partial charge in [-0.1, -0.05) is 28.1 Å². The smallest absolute Gasteiger partial charge is 0.272 e. The third-order valence-corrected chi connectivity index (χ3v) is 4.60. The highest BCUT2D eigenvalue weighted by molar-refractivity contribution is 9.10. The summed E-state index contributed by atoms with van der Waals surface area (Å²) in [6.45, 7) is 1.95. The van der Waals surface area contributed by atoms with E-state index in [1.807, 2.05) is 25.1 Å². The highest BCUT2D eigenvalue weighted by atomic mass is 79.9. The van der Waals surface area contributed by atoms with E-state index in [9.17, 15) is 14.0 Å². The summed E-state index contributed by atoms with van der Waals surface area (Å²) in [6, 6.07) is 11.3. The molecule has 0 atom stereocenters. The van der Waals surface area contributed by atoms with E-state index in [2.05, 4.69) is 26.8 Å². The van der Waals surface area contributed by atoms with Crippen LogP contribution in [0.5, 0.6) is 0 Å². The highest BCUT2D eigenvalue weighted by Crippen LogP contribution is 2.24. The summed E-state index contributed by atoms with van der Waals surface area (Å²) in [6.07, 6.45) is 0. The Morgan fingerprint density at radius 1 is 1.17 bits per heavy atom. The molecule has 120 valence electrons. The van der Waals surface area contributed by atoms with E-state index < -0.39 is 11.7 Å². The van der Waals surface area contributed by atoms with Gasteiger partial charge < -0.3 is 0 Å². The summed E-state index contributed by atoms with van der Waals surface area (Å²) in [5.41, 5.74) is 5.40. The largest absolute Gasteiger partial charge is 0.272 e. The predicted molar refractivity (Wildman–Crippen MR) is 91.6 cm³/mol. The summed E-state index contributed by atoms with van der Waals surface area (Å²) < 4.78 is 14.4. The Hall–Kier alpha value is -1.86. The van der Waals surface area contributed by atoms with Crippen LogP contribution in [0.4, 0.5) is 4.39 Å². The predicted octanol–water partition coefficient (Wildman–Crippen LogP) is 3.45. The molecular formula is C16H14BrFN2O2S. The molecule has 2 rings (SSSR count). The molecule has 7 heteroatoms. The van der Waals surface area contributed by atoms with Crippen molar-refractivity contribution in [2.45, 2.75) is 11.8 Å². The number of carbonyl (C=O) groups excluding carboxylic acids is 2. The van der Waals surface area contributed by atoms with E-state index in [4.69, 9.17) is 0 Å². The Balaban J connectivity index is 1.83. The van der Waals surface area contributed by atoms with Gasteiger partial charge in [0.05, 0.1) is 11.3 Å². The number of hydrogen-bond acceptors (Lipinski definition) is 3. The number of hydrogen-bond donors (Lipinski definition) is 2. The molecule has 0 unspecified atom stereocenters. The molecule has 0 spiro atoms. The molecule has 4 nitrogen and oxygen atoms in total. The molecule has 0 aliphatic rings. The fraction of sp³-hybridized carbons (Fsp3) is 0.125. The average Bonchev–Trinajstić information content (AvgIpc) is 2.52. The maximum absolute atomic E-state index is 13.4. The van der Waals surface area contributed by atoms with Crippen molar-refractivity contribution in [2.75, 3.05) is 5.75 Å². The Kier molecular flexibility index (Phi) is 6.18. The second-order valence-electron chi connectivity index (χ2n) is 4.68. The van der Waals surface area contributed by atoms with Crippen LogP contribution in [-0.4, -0.2) is 17.6 Å². The minimum absolute atomic E-state index is 0.121. The number of aryl methyl sites for hydroxylation is 1. The van der Waals surface area contributed by atoms with Gasteiger partial charge in [-0.3, -0.25) is 20.4 Å². The van der Waals surface area contributed by atoms with Crippen molar-refractivity contribution in [3.63, 3.8) is 0 Å². The van der Waals surface area contributed by atoms with Crippen LogP contribution in [0.2, 0.25) is 0 Å². The molecular weight excluding hydrogens is 383 g/mol. The molecule has 0 heterocycles. The van der Waals surface area contributed by atoms with E-state index in [-0.39, 0.29) is 17.2 Å². The third-order valence-electron chi connectivity index (χ3n) is 2.93. The quantitative estimate of drug-likeness (QED) is 0.614. The zero-order chi connectivity index (χ0) is 16.8. The Morgan fingerprint density at radius 3 is 2.61 bits per heavy atom. The molecule has 0 bridgehead atoms. The van der Waals surface area contributed by atoms with Crippen LogP contribution in [0.15, 0.2) is 51.8 Å². The number of nitrogens with one attached hydrogen (secondary N) is 2. The van der Waals surface area contributed by atoms with Crippen LogP contribution in [0.1, 0.15) is 15.9 Å². The molecule has 2 amide bonds. The molecule has 0 aliphatic carbocycles. The first-order chi connectivity index (χ1) is 11.0. The lowest BCUT2D eigenvalue weighted by Crippen LogP contribution is -2.42. The fourth-order valence-electron chi connectivity index (χ4n) is 1.79. The summed E-state index contributed by atoms with van der Waals surface area (Å²) >= 11 is 4.73.